The van der Waals surface area contributed by atoms with Crippen molar-refractivity contribution < 1.29 is 0 Å². The van der Waals surface area contributed by atoms with Gasteiger partial charge in [0.2, 0.25) is 0 Å². The van der Waals surface area contributed by atoms with Crippen molar-refractivity contribution in [3.63, 3.8) is 0 Å². The van der Waals surface area contributed by atoms with Crippen LogP contribution in [0.5, 0.6) is 0 Å². The Labute approximate surface area is 108 Å². The van der Waals surface area contributed by atoms with E-state index in [2.05, 4.69) is 48.4 Å². The third-order valence-electron chi connectivity index (χ3n) is 3.13. The van der Waals surface area contributed by atoms with Crippen LogP contribution >= 0.6 is 0 Å². The second-order valence-electron chi connectivity index (χ2n) is 4.48. The fraction of sp³-hybridized carbons (Fsp3) is 0.429. The van der Waals surface area contributed by atoms with Crippen molar-refractivity contribution in [1.82, 2.24) is 15.0 Å². The Hall–Kier alpha value is -1.68. The third kappa shape index (κ3) is 2.59. The lowest BCUT2D eigenvalue weighted by Gasteiger charge is -2.10. The van der Waals surface area contributed by atoms with Gasteiger partial charge in [0.25, 0.3) is 0 Å². The molecule has 0 saturated carbocycles. The van der Waals surface area contributed by atoms with Crippen molar-refractivity contribution >= 4 is 0 Å². The molecule has 2 N–H and O–H groups in total. The summed E-state index contributed by atoms with van der Waals surface area (Å²) in [7, 11) is 0. The van der Waals surface area contributed by atoms with Crippen LogP contribution in [0.1, 0.15) is 38.3 Å². The molecule has 2 aromatic rings. The van der Waals surface area contributed by atoms with Crippen molar-refractivity contribution in [3.8, 4) is 11.3 Å². The van der Waals surface area contributed by atoms with Crippen molar-refractivity contribution in [1.29, 1.82) is 0 Å². The molecule has 1 aromatic heterocycles. The Kier molecular flexibility index (Phi) is 4.10. The van der Waals surface area contributed by atoms with E-state index in [1.165, 1.54) is 5.56 Å². The van der Waals surface area contributed by atoms with E-state index in [4.69, 9.17) is 5.73 Å². The Morgan fingerprint density at radius 2 is 1.94 bits per heavy atom. The van der Waals surface area contributed by atoms with Crippen LogP contribution in [-0.4, -0.2) is 15.0 Å². The predicted octanol–water partition coefficient (Wildman–Crippen LogP) is 2.76. The first-order valence-corrected chi connectivity index (χ1v) is 6.50. The molecule has 0 fully saturated rings. The summed E-state index contributed by atoms with van der Waals surface area (Å²) < 4.78 is 1.94. The molecule has 0 spiro atoms. The van der Waals surface area contributed by atoms with E-state index < -0.39 is 0 Å². The van der Waals surface area contributed by atoms with Gasteiger partial charge in [-0.3, -0.25) is 0 Å². The molecule has 0 radical (unpaired) electrons. The van der Waals surface area contributed by atoms with E-state index in [1.807, 2.05) is 10.9 Å². The third-order valence-corrected chi connectivity index (χ3v) is 3.13. The van der Waals surface area contributed by atoms with E-state index in [0.29, 0.717) is 0 Å². The molecule has 0 bridgehead atoms. The van der Waals surface area contributed by atoms with E-state index in [-0.39, 0.29) is 6.04 Å². The van der Waals surface area contributed by atoms with E-state index in [0.717, 1.165) is 30.6 Å². The lowest BCUT2D eigenvalue weighted by atomic mass is 10.0. The standard InChI is InChI=1S/C14H20N4/c1-3-9-18-14(10-16-17-18)12-7-5-11(6-8-12)13(15)4-2/h5-8,10,13H,3-4,9,15H2,1-2H3. The number of nitrogens with zero attached hydrogens (tertiary/aromatic N) is 3. The number of aryl methyl sites for hydroxylation is 1. The molecular weight excluding hydrogens is 224 g/mol. The summed E-state index contributed by atoms with van der Waals surface area (Å²) in [6.07, 6.45) is 3.81. The Morgan fingerprint density at radius 3 is 2.56 bits per heavy atom. The van der Waals surface area contributed by atoms with Crippen LogP contribution in [0, 0.1) is 0 Å². The van der Waals surface area contributed by atoms with E-state index >= 15 is 0 Å². The summed E-state index contributed by atoms with van der Waals surface area (Å²) in [5.74, 6) is 0. The SMILES string of the molecule is CCCn1nncc1-c1ccc(C(N)CC)cc1. The molecule has 1 atom stereocenters. The summed E-state index contributed by atoms with van der Waals surface area (Å²) in [6, 6.07) is 8.49. The van der Waals surface area contributed by atoms with Crippen molar-refractivity contribution in [2.45, 2.75) is 39.3 Å². The highest BCUT2D eigenvalue weighted by atomic mass is 15.4. The van der Waals surface area contributed by atoms with Crippen LogP contribution in [0.15, 0.2) is 30.5 Å². The molecule has 0 aliphatic rings. The van der Waals surface area contributed by atoms with Crippen LogP contribution in [0.4, 0.5) is 0 Å². The number of hydrogen-bond acceptors (Lipinski definition) is 3. The highest BCUT2D eigenvalue weighted by Crippen LogP contribution is 2.21. The van der Waals surface area contributed by atoms with Gasteiger partial charge in [-0.25, -0.2) is 4.68 Å². The predicted molar refractivity (Wildman–Crippen MR) is 73.0 cm³/mol. The molecule has 1 unspecified atom stereocenters. The largest absolute Gasteiger partial charge is 0.324 e. The first kappa shape index (κ1) is 12.8. The average molecular weight is 244 g/mol. The van der Waals surface area contributed by atoms with Crippen molar-refractivity contribution in [3.05, 3.63) is 36.0 Å². The normalized spacial score (nSPS) is 12.6. The van der Waals surface area contributed by atoms with E-state index in [1.54, 1.807) is 0 Å². The van der Waals surface area contributed by atoms with Crippen LogP contribution < -0.4 is 5.73 Å². The summed E-state index contributed by atoms with van der Waals surface area (Å²) in [4.78, 5) is 0. The van der Waals surface area contributed by atoms with Gasteiger partial charge in [-0.15, -0.1) is 5.10 Å². The van der Waals surface area contributed by atoms with Gasteiger partial charge in [-0.1, -0.05) is 43.3 Å². The van der Waals surface area contributed by atoms with Crippen LogP contribution in [-0.2, 0) is 6.54 Å². The fourth-order valence-corrected chi connectivity index (χ4v) is 1.99. The summed E-state index contributed by atoms with van der Waals surface area (Å²) in [5.41, 5.74) is 9.39. The maximum Gasteiger partial charge on any atom is 0.0885 e. The van der Waals surface area contributed by atoms with Gasteiger partial charge in [0, 0.05) is 18.2 Å². The van der Waals surface area contributed by atoms with E-state index in [9.17, 15) is 0 Å². The molecule has 2 rings (SSSR count). The van der Waals surface area contributed by atoms with Crippen molar-refractivity contribution in [2.24, 2.45) is 5.73 Å². The minimum absolute atomic E-state index is 0.123. The minimum Gasteiger partial charge on any atom is -0.324 e. The molecule has 0 aliphatic heterocycles. The quantitative estimate of drug-likeness (QED) is 0.879. The molecule has 0 aliphatic carbocycles. The first-order valence-electron chi connectivity index (χ1n) is 6.50. The van der Waals surface area contributed by atoms with Gasteiger partial charge in [-0.2, -0.15) is 0 Å². The zero-order chi connectivity index (χ0) is 13.0. The van der Waals surface area contributed by atoms with Crippen LogP contribution in [0.3, 0.4) is 0 Å². The van der Waals surface area contributed by atoms with Gasteiger partial charge < -0.3 is 5.73 Å². The number of aromatic nitrogens is 3. The molecule has 0 saturated heterocycles. The lowest BCUT2D eigenvalue weighted by Crippen LogP contribution is -2.08. The summed E-state index contributed by atoms with van der Waals surface area (Å²) in [6.45, 7) is 5.12. The first-order chi connectivity index (χ1) is 8.76. The van der Waals surface area contributed by atoms with Gasteiger partial charge in [0.15, 0.2) is 0 Å². The molecule has 1 aromatic carbocycles. The molecule has 4 heteroatoms. The van der Waals surface area contributed by atoms with Crippen molar-refractivity contribution in [2.75, 3.05) is 0 Å². The Balaban J connectivity index is 2.26. The van der Waals surface area contributed by atoms with Gasteiger partial charge in [0.1, 0.15) is 0 Å². The molecule has 18 heavy (non-hydrogen) atoms. The van der Waals surface area contributed by atoms with Gasteiger partial charge in [0.05, 0.1) is 11.9 Å². The molecular formula is C14H20N4. The number of nitrogens with two attached hydrogens (primary N) is 1. The second kappa shape index (κ2) is 5.78. The van der Waals surface area contributed by atoms with Crippen LogP contribution in [0.25, 0.3) is 11.3 Å². The Morgan fingerprint density at radius 1 is 1.22 bits per heavy atom. The highest BCUT2D eigenvalue weighted by Gasteiger charge is 2.07. The number of hydrogen-bond donors (Lipinski definition) is 1. The smallest absolute Gasteiger partial charge is 0.0885 e. The molecule has 1 heterocycles. The topological polar surface area (TPSA) is 56.7 Å². The van der Waals surface area contributed by atoms with Gasteiger partial charge >= 0.3 is 0 Å². The lowest BCUT2D eigenvalue weighted by molar-refractivity contribution is 0.584. The minimum atomic E-state index is 0.123. The zero-order valence-electron chi connectivity index (χ0n) is 11.0. The monoisotopic (exact) mass is 244 g/mol. The molecule has 96 valence electrons. The highest BCUT2D eigenvalue weighted by molar-refractivity contribution is 5.58. The second-order valence-corrected chi connectivity index (χ2v) is 4.48. The maximum absolute atomic E-state index is 6.01. The maximum atomic E-state index is 6.01. The number of rotatable bonds is 5. The molecule has 0 amide bonds. The van der Waals surface area contributed by atoms with Gasteiger partial charge in [-0.05, 0) is 18.4 Å². The van der Waals surface area contributed by atoms with Crippen LogP contribution in [0.2, 0.25) is 0 Å². The summed E-state index contributed by atoms with van der Waals surface area (Å²) >= 11 is 0. The fourth-order valence-electron chi connectivity index (χ4n) is 1.99. The zero-order valence-corrected chi connectivity index (χ0v) is 11.0. The molecule has 4 nitrogen and oxygen atoms in total. The average Bonchev–Trinajstić information content (AvgIpc) is 2.87. The number of benzene rings is 1. The summed E-state index contributed by atoms with van der Waals surface area (Å²) in [5, 5.41) is 8.08. The Bertz CT molecular complexity index is 487.